The van der Waals surface area contributed by atoms with Crippen LogP contribution in [0.3, 0.4) is 0 Å². The summed E-state index contributed by atoms with van der Waals surface area (Å²) < 4.78 is 0. The van der Waals surface area contributed by atoms with E-state index < -0.39 is 10.9 Å². The monoisotopic (exact) mass is 221 g/mol. The summed E-state index contributed by atoms with van der Waals surface area (Å²) in [6, 6.07) is 4.57. The van der Waals surface area contributed by atoms with E-state index in [0.717, 1.165) is 0 Å². The van der Waals surface area contributed by atoms with Crippen LogP contribution < -0.4 is 0 Å². The van der Waals surface area contributed by atoms with Crippen molar-refractivity contribution in [2.24, 2.45) is 0 Å². The van der Waals surface area contributed by atoms with Gasteiger partial charge in [-0.25, -0.2) is 4.79 Å². The zero-order valence-corrected chi connectivity index (χ0v) is 8.93. The van der Waals surface area contributed by atoms with Gasteiger partial charge in [-0.2, -0.15) is 0 Å². The van der Waals surface area contributed by atoms with Gasteiger partial charge in [0.25, 0.3) is 5.69 Å². The first kappa shape index (κ1) is 11.9. The molecule has 1 aromatic carbocycles. The zero-order valence-electron chi connectivity index (χ0n) is 8.93. The Balaban J connectivity index is 3.27. The Morgan fingerprint density at radius 2 is 2.12 bits per heavy atom. The number of carboxylic acids is 1. The van der Waals surface area contributed by atoms with Gasteiger partial charge in [0.2, 0.25) is 0 Å². The SMILES string of the molecule is C/C(=C\c1cccc([N+](=O)[O-])c1C)C(=O)O. The Bertz CT molecular complexity index is 477. The van der Waals surface area contributed by atoms with Gasteiger partial charge in [-0.05, 0) is 25.5 Å². The van der Waals surface area contributed by atoms with Gasteiger partial charge in [0.1, 0.15) is 0 Å². The third-order valence-electron chi connectivity index (χ3n) is 2.25. The molecule has 5 heteroatoms. The molecule has 1 N–H and O–H groups in total. The third-order valence-corrected chi connectivity index (χ3v) is 2.25. The van der Waals surface area contributed by atoms with Gasteiger partial charge in [-0.1, -0.05) is 12.1 Å². The minimum Gasteiger partial charge on any atom is -0.478 e. The maximum Gasteiger partial charge on any atom is 0.331 e. The van der Waals surface area contributed by atoms with E-state index in [-0.39, 0.29) is 11.3 Å². The van der Waals surface area contributed by atoms with Crippen LogP contribution in [0.1, 0.15) is 18.1 Å². The van der Waals surface area contributed by atoms with E-state index >= 15 is 0 Å². The first-order valence-corrected chi connectivity index (χ1v) is 4.59. The average Bonchev–Trinajstić information content (AvgIpc) is 2.20. The molecule has 0 unspecified atom stereocenters. The number of carbonyl (C=O) groups is 1. The number of hydrogen-bond donors (Lipinski definition) is 1. The van der Waals surface area contributed by atoms with Gasteiger partial charge < -0.3 is 5.11 Å². The van der Waals surface area contributed by atoms with Gasteiger partial charge in [-0.15, -0.1) is 0 Å². The average molecular weight is 221 g/mol. The number of nitro groups is 1. The van der Waals surface area contributed by atoms with Gasteiger partial charge in [0.05, 0.1) is 4.92 Å². The fourth-order valence-electron chi connectivity index (χ4n) is 1.29. The van der Waals surface area contributed by atoms with Crippen LogP contribution in [-0.4, -0.2) is 16.0 Å². The Morgan fingerprint density at radius 3 is 2.62 bits per heavy atom. The molecule has 0 fully saturated rings. The predicted octanol–water partition coefficient (Wildman–Crippen LogP) is 2.39. The normalized spacial score (nSPS) is 11.2. The summed E-state index contributed by atoms with van der Waals surface area (Å²) in [5, 5.41) is 19.4. The number of rotatable bonds is 3. The summed E-state index contributed by atoms with van der Waals surface area (Å²) in [5.74, 6) is -1.04. The van der Waals surface area contributed by atoms with Crippen LogP contribution in [0.25, 0.3) is 6.08 Å². The minimum atomic E-state index is -1.04. The van der Waals surface area contributed by atoms with Crippen molar-refractivity contribution in [1.29, 1.82) is 0 Å². The Labute approximate surface area is 92.2 Å². The van der Waals surface area contributed by atoms with Gasteiger partial charge in [-0.3, -0.25) is 10.1 Å². The first-order valence-electron chi connectivity index (χ1n) is 4.59. The number of benzene rings is 1. The van der Waals surface area contributed by atoms with E-state index in [1.54, 1.807) is 13.0 Å². The Hall–Kier alpha value is -2.17. The second-order valence-corrected chi connectivity index (χ2v) is 3.38. The van der Waals surface area contributed by atoms with Crippen LogP contribution in [-0.2, 0) is 4.79 Å². The highest BCUT2D eigenvalue weighted by atomic mass is 16.6. The number of nitro benzene ring substituents is 1. The molecule has 0 aliphatic carbocycles. The topological polar surface area (TPSA) is 80.4 Å². The molecule has 16 heavy (non-hydrogen) atoms. The highest BCUT2D eigenvalue weighted by molar-refractivity contribution is 5.91. The van der Waals surface area contributed by atoms with Crippen molar-refractivity contribution in [1.82, 2.24) is 0 Å². The van der Waals surface area contributed by atoms with Gasteiger partial charge >= 0.3 is 5.97 Å². The first-order chi connectivity index (χ1) is 7.43. The molecule has 5 nitrogen and oxygen atoms in total. The Morgan fingerprint density at radius 1 is 1.50 bits per heavy atom. The molecular weight excluding hydrogens is 210 g/mol. The molecule has 84 valence electrons. The maximum absolute atomic E-state index is 10.7. The summed E-state index contributed by atoms with van der Waals surface area (Å²) in [6.07, 6.45) is 1.42. The van der Waals surface area contributed by atoms with Crippen LogP contribution in [0.15, 0.2) is 23.8 Å². The molecule has 0 saturated heterocycles. The third kappa shape index (κ3) is 2.44. The predicted molar refractivity (Wildman–Crippen MR) is 59.1 cm³/mol. The molecule has 1 aromatic rings. The largest absolute Gasteiger partial charge is 0.478 e. The van der Waals surface area contributed by atoms with E-state index in [2.05, 4.69) is 0 Å². The van der Waals surface area contributed by atoms with Crippen LogP contribution in [0, 0.1) is 17.0 Å². The zero-order chi connectivity index (χ0) is 12.3. The lowest BCUT2D eigenvalue weighted by atomic mass is 10.0. The van der Waals surface area contributed by atoms with Gasteiger partial charge in [0, 0.05) is 17.2 Å². The summed E-state index contributed by atoms with van der Waals surface area (Å²) in [5.41, 5.74) is 1.15. The lowest BCUT2D eigenvalue weighted by molar-refractivity contribution is -0.385. The molecule has 1 rings (SSSR count). The van der Waals surface area contributed by atoms with Crippen molar-refractivity contribution >= 4 is 17.7 Å². The van der Waals surface area contributed by atoms with Crippen LogP contribution in [0.5, 0.6) is 0 Å². The Kier molecular flexibility index (Phi) is 3.40. The molecule has 0 amide bonds. The van der Waals surface area contributed by atoms with E-state index in [1.165, 1.54) is 25.1 Å². The van der Waals surface area contributed by atoms with E-state index in [0.29, 0.717) is 11.1 Å². The van der Waals surface area contributed by atoms with Crippen molar-refractivity contribution in [2.75, 3.05) is 0 Å². The van der Waals surface area contributed by atoms with E-state index in [4.69, 9.17) is 5.11 Å². The van der Waals surface area contributed by atoms with Crippen molar-refractivity contribution in [2.45, 2.75) is 13.8 Å². The van der Waals surface area contributed by atoms with Crippen molar-refractivity contribution < 1.29 is 14.8 Å². The second kappa shape index (κ2) is 4.57. The molecule has 0 atom stereocenters. The van der Waals surface area contributed by atoms with Crippen LogP contribution >= 0.6 is 0 Å². The molecule has 0 saturated carbocycles. The summed E-state index contributed by atoms with van der Waals surface area (Å²) in [7, 11) is 0. The maximum atomic E-state index is 10.7. The quantitative estimate of drug-likeness (QED) is 0.482. The highest BCUT2D eigenvalue weighted by Crippen LogP contribution is 2.22. The number of aliphatic carboxylic acids is 1. The van der Waals surface area contributed by atoms with Crippen LogP contribution in [0.4, 0.5) is 5.69 Å². The van der Waals surface area contributed by atoms with Gasteiger partial charge in [0.15, 0.2) is 0 Å². The summed E-state index contributed by atoms with van der Waals surface area (Å²) in [4.78, 5) is 20.8. The summed E-state index contributed by atoms with van der Waals surface area (Å²) >= 11 is 0. The molecule has 0 aliphatic heterocycles. The van der Waals surface area contributed by atoms with Crippen molar-refractivity contribution in [3.63, 3.8) is 0 Å². The van der Waals surface area contributed by atoms with E-state index in [1.807, 2.05) is 0 Å². The van der Waals surface area contributed by atoms with E-state index in [9.17, 15) is 14.9 Å². The number of carboxylic acid groups (broad SMARTS) is 1. The van der Waals surface area contributed by atoms with Crippen molar-refractivity contribution in [3.05, 3.63) is 45.0 Å². The molecule has 0 spiro atoms. The number of nitrogens with zero attached hydrogens (tertiary/aromatic N) is 1. The lowest BCUT2D eigenvalue weighted by Crippen LogP contribution is -1.97. The molecule has 0 radical (unpaired) electrons. The lowest BCUT2D eigenvalue weighted by Gasteiger charge is -2.02. The molecular formula is C11H11NO4. The fraction of sp³-hybridized carbons (Fsp3) is 0.182. The minimum absolute atomic E-state index is 0.00746. The smallest absolute Gasteiger partial charge is 0.331 e. The summed E-state index contributed by atoms with van der Waals surface area (Å²) in [6.45, 7) is 3.04. The highest BCUT2D eigenvalue weighted by Gasteiger charge is 2.12. The molecule has 0 aliphatic rings. The number of hydrogen-bond acceptors (Lipinski definition) is 3. The molecule has 0 aromatic heterocycles. The standard InChI is InChI=1S/C11H11NO4/c1-7(11(13)14)6-9-4-3-5-10(8(9)2)12(15)16/h3-6H,1-2H3,(H,13,14)/b7-6+. The second-order valence-electron chi connectivity index (χ2n) is 3.38. The fourth-order valence-corrected chi connectivity index (χ4v) is 1.29. The van der Waals surface area contributed by atoms with Crippen molar-refractivity contribution in [3.8, 4) is 0 Å². The van der Waals surface area contributed by atoms with Crippen LogP contribution in [0.2, 0.25) is 0 Å². The molecule has 0 heterocycles. The molecule has 0 bridgehead atoms.